The van der Waals surface area contributed by atoms with E-state index < -0.39 is 12.0 Å². The van der Waals surface area contributed by atoms with Gasteiger partial charge in [-0.25, -0.2) is 0 Å². The number of carboxylic acids is 1. The number of aliphatic carboxylic acids is 1. The molecule has 0 N–H and O–H groups in total. The van der Waals surface area contributed by atoms with Crippen LogP contribution in [0.2, 0.25) is 0 Å². The molecule has 1 saturated heterocycles. The smallest absolute Gasteiger partial charge is 0.872 e. The summed E-state index contributed by atoms with van der Waals surface area (Å²) in [5.74, 6) is 0.232. The van der Waals surface area contributed by atoms with Crippen LogP contribution in [-0.4, -0.2) is 51.9 Å². The summed E-state index contributed by atoms with van der Waals surface area (Å²) in [7, 11) is 1.80. The molecule has 2 aliphatic heterocycles. The second-order valence-electron chi connectivity index (χ2n) is 5.03. The molecule has 3 atom stereocenters. The third kappa shape index (κ3) is 3.31. The Morgan fingerprint density at radius 1 is 1.36 bits per heavy atom. The summed E-state index contributed by atoms with van der Waals surface area (Å²) in [6.07, 6.45) is 0. The third-order valence-electron chi connectivity index (χ3n) is 3.71. The Kier molecular flexibility index (Phi) is 5.85. The van der Waals surface area contributed by atoms with Crippen molar-refractivity contribution in [3.63, 3.8) is 0 Å². The first kappa shape index (κ1) is 17.7. The Labute approximate surface area is 148 Å². The van der Waals surface area contributed by atoms with Crippen molar-refractivity contribution in [2.75, 3.05) is 18.6 Å². The minimum absolute atomic E-state index is 0. The Hall–Kier alpha value is -0.661. The van der Waals surface area contributed by atoms with E-state index in [2.05, 4.69) is 4.99 Å². The SMILES string of the molecule is CN1C(C(=O)[O-])CSC1C1CSC(c2ccccc2[O-])=N1.[Fe+4]. The van der Waals surface area contributed by atoms with Gasteiger partial charge in [0.2, 0.25) is 0 Å². The molecule has 0 aromatic heterocycles. The topological polar surface area (TPSA) is 78.8 Å². The number of benzene rings is 1. The van der Waals surface area contributed by atoms with E-state index in [0.717, 1.165) is 10.8 Å². The fraction of sp³-hybridized carbons (Fsp3) is 0.429. The molecule has 3 unspecified atom stereocenters. The van der Waals surface area contributed by atoms with Crippen LogP contribution < -0.4 is 10.2 Å². The van der Waals surface area contributed by atoms with E-state index in [1.54, 1.807) is 42.7 Å². The summed E-state index contributed by atoms with van der Waals surface area (Å²) in [6, 6.07) is 6.31. The standard InChI is InChI=1S/C14H16N2O3S2.Fe/c1-16-10(14(18)19)7-21-13(16)9-6-20-12(15-9)8-4-2-3-5-11(8)17;/h2-5,9-10,13,17H,6-7H2,1H3,(H,18,19);/q;+4/p-2. The van der Waals surface area contributed by atoms with Gasteiger partial charge in [-0.2, -0.15) is 0 Å². The van der Waals surface area contributed by atoms with Crippen LogP contribution in [0.5, 0.6) is 5.75 Å². The molecule has 1 aromatic rings. The number of thioether (sulfide) groups is 2. The average molecular weight is 378 g/mol. The van der Waals surface area contributed by atoms with Gasteiger partial charge in [-0.1, -0.05) is 30.0 Å². The van der Waals surface area contributed by atoms with Gasteiger partial charge in [-0.15, -0.1) is 23.5 Å². The minimum Gasteiger partial charge on any atom is -0.872 e. The number of hydrogen-bond donors (Lipinski definition) is 0. The van der Waals surface area contributed by atoms with Crippen molar-refractivity contribution >= 4 is 34.5 Å². The number of rotatable bonds is 3. The monoisotopic (exact) mass is 378 g/mol. The molecule has 1 fully saturated rings. The molecule has 0 amide bonds. The van der Waals surface area contributed by atoms with E-state index in [0.29, 0.717) is 11.3 Å². The number of carbonyl (C=O) groups excluding carboxylic acids is 1. The molecule has 1 aromatic carbocycles. The maximum Gasteiger partial charge on any atom is 4.00 e. The average Bonchev–Trinajstić information content (AvgIpc) is 3.05. The summed E-state index contributed by atoms with van der Waals surface area (Å²) in [6.45, 7) is 0. The number of carbonyl (C=O) groups is 1. The summed E-state index contributed by atoms with van der Waals surface area (Å²) < 4.78 is 0. The number of hydrogen-bond acceptors (Lipinski definition) is 7. The van der Waals surface area contributed by atoms with Crippen LogP contribution in [0.15, 0.2) is 29.3 Å². The Morgan fingerprint density at radius 3 is 2.73 bits per heavy atom. The van der Waals surface area contributed by atoms with Gasteiger partial charge >= 0.3 is 17.1 Å². The number of carboxylic acid groups (broad SMARTS) is 1. The number of para-hydroxylation sites is 1. The number of likely N-dealkylation sites (N-methyl/N-ethyl adjacent to an activating group) is 1. The molecule has 2 aliphatic rings. The zero-order chi connectivity index (χ0) is 15.0. The second kappa shape index (κ2) is 7.27. The molecule has 3 rings (SSSR count). The van der Waals surface area contributed by atoms with Crippen LogP contribution in [0, 0.1) is 0 Å². The quantitative estimate of drug-likeness (QED) is 0.675. The van der Waals surface area contributed by atoms with Crippen LogP contribution in [-0.2, 0) is 21.9 Å². The van der Waals surface area contributed by atoms with Crippen LogP contribution in [0.1, 0.15) is 5.56 Å². The molecule has 0 spiro atoms. The zero-order valence-corrected chi connectivity index (χ0v) is 14.5. The summed E-state index contributed by atoms with van der Waals surface area (Å²) in [5, 5.41) is 23.7. The molecule has 0 bridgehead atoms. The largest absolute Gasteiger partial charge is 4.00 e. The molecule has 5 nitrogen and oxygen atoms in total. The van der Waals surface area contributed by atoms with Crippen LogP contribution in [0.3, 0.4) is 0 Å². The fourth-order valence-electron chi connectivity index (χ4n) is 2.55. The first-order chi connectivity index (χ1) is 10.1. The van der Waals surface area contributed by atoms with Gasteiger partial charge in [0, 0.05) is 11.5 Å². The van der Waals surface area contributed by atoms with Gasteiger partial charge in [0.05, 0.1) is 28.5 Å². The molecule has 0 radical (unpaired) electrons. The van der Waals surface area contributed by atoms with E-state index in [-0.39, 0.29) is 34.2 Å². The van der Waals surface area contributed by atoms with E-state index in [4.69, 9.17) is 0 Å². The van der Waals surface area contributed by atoms with Crippen LogP contribution in [0.4, 0.5) is 0 Å². The minimum atomic E-state index is -1.03. The first-order valence-corrected chi connectivity index (χ1v) is 8.63. The third-order valence-corrected chi connectivity index (χ3v) is 6.31. The van der Waals surface area contributed by atoms with Crippen LogP contribution in [0.25, 0.3) is 0 Å². The van der Waals surface area contributed by atoms with Gasteiger partial charge in [0.1, 0.15) is 0 Å². The van der Waals surface area contributed by atoms with Crippen LogP contribution >= 0.6 is 23.5 Å². The first-order valence-electron chi connectivity index (χ1n) is 6.59. The van der Waals surface area contributed by atoms with Crippen molar-refractivity contribution in [3.05, 3.63) is 29.8 Å². The van der Waals surface area contributed by atoms with Crippen molar-refractivity contribution in [2.45, 2.75) is 17.5 Å². The predicted molar refractivity (Wildman–Crippen MR) is 81.5 cm³/mol. The van der Waals surface area contributed by atoms with Gasteiger partial charge < -0.3 is 15.0 Å². The Bertz CT molecular complexity index is 599. The molecule has 116 valence electrons. The van der Waals surface area contributed by atoms with Crippen molar-refractivity contribution < 1.29 is 32.1 Å². The van der Waals surface area contributed by atoms with Gasteiger partial charge in [0.15, 0.2) is 0 Å². The summed E-state index contributed by atoms with van der Waals surface area (Å²) in [5.41, 5.74) is 0.632. The predicted octanol–water partition coefficient (Wildman–Crippen LogP) is -0.257. The van der Waals surface area contributed by atoms with Crippen molar-refractivity contribution in [2.24, 2.45) is 4.99 Å². The van der Waals surface area contributed by atoms with E-state index in [1.165, 1.54) is 6.07 Å². The van der Waals surface area contributed by atoms with Crippen molar-refractivity contribution in [1.82, 2.24) is 4.90 Å². The zero-order valence-electron chi connectivity index (χ0n) is 11.7. The van der Waals surface area contributed by atoms with Gasteiger partial charge in [-0.3, -0.25) is 9.89 Å². The molecule has 0 saturated carbocycles. The summed E-state index contributed by atoms with van der Waals surface area (Å²) in [4.78, 5) is 17.5. The maximum atomic E-state index is 11.8. The second-order valence-corrected chi connectivity index (χ2v) is 7.19. The fourth-order valence-corrected chi connectivity index (χ4v) is 5.30. The van der Waals surface area contributed by atoms with E-state index in [1.807, 2.05) is 11.0 Å². The summed E-state index contributed by atoms with van der Waals surface area (Å²) >= 11 is 3.16. The molecular formula is C14H14FeN2O3S2+2. The Morgan fingerprint density at radius 2 is 2.09 bits per heavy atom. The molecule has 0 aliphatic carbocycles. The molecule has 22 heavy (non-hydrogen) atoms. The number of aliphatic imine (C=N–C) groups is 1. The van der Waals surface area contributed by atoms with Gasteiger partial charge in [0.25, 0.3) is 0 Å². The normalized spacial score (nSPS) is 28.2. The molecule has 2 heterocycles. The van der Waals surface area contributed by atoms with Crippen molar-refractivity contribution in [3.8, 4) is 5.75 Å². The Balaban J connectivity index is 0.00000176. The molecule has 8 heteroatoms. The maximum absolute atomic E-state index is 11.8. The van der Waals surface area contributed by atoms with E-state index in [9.17, 15) is 15.0 Å². The number of nitrogens with zero attached hydrogens (tertiary/aromatic N) is 2. The van der Waals surface area contributed by atoms with E-state index >= 15 is 0 Å². The molecular weight excluding hydrogens is 364 g/mol. The van der Waals surface area contributed by atoms with Crippen molar-refractivity contribution in [1.29, 1.82) is 0 Å². The van der Waals surface area contributed by atoms with Gasteiger partial charge in [-0.05, 0) is 12.6 Å².